The number of carbonyl (C=O) groups is 1. The average molecular weight is 395 g/mol. The summed E-state index contributed by atoms with van der Waals surface area (Å²) >= 11 is 11.8. The van der Waals surface area contributed by atoms with E-state index >= 15 is 0 Å². The van der Waals surface area contributed by atoms with Crippen LogP contribution < -0.4 is 5.32 Å². The topological polar surface area (TPSA) is 75.7 Å². The smallest absolute Gasteiger partial charge is 0.228 e. The van der Waals surface area contributed by atoms with Gasteiger partial charge in [-0.2, -0.15) is 0 Å². The van der Waals surface area contributed by atoms with Crippen molar-refractivity contribution in [1.29, 1.82) is 0 Å². The molecule has 1 aromatic rings. The first-order chi connectivity index (χ1) is 11.3. The van der Waals surface area contributed by atoms with Gasteiger partial charge in [-0.15, -0.1) is 0 Å². The van der Waals surface area contributed by atoms with Crippen molar-refractivity contribution in [2.24, 2.45) is 5.92 Å². The third-order valence-electron chi connectivity index (χ3n) is 3.88. The Kier molecular flexibility index (Phi) is 6.88. The molecule has 0 radical (unpaired) electrons. The number of benzene rings is 1. The van der Waals surface area contributed by atoms with Crippen LogP contribution in [0.3, 0.4) is 0 Å². The predicted molar refractivity (Wildman–Crippen MR) is 95.1 cm³/mol. The Bertz CT molecular complexity index is 697. The second-order valence-electron chi connectivity index (χ2n) is 5.62. The van der Waals surface area contributed by atoms with Gasteiger partial charge in [-0.1, -0.05) is 23.2 Å². The molecule has 134 valence electrons. The molecule has 1 heterocycles. The zero-order valence-corrected chi connectivity index (χ0v) is 15.6. The van der Waals surface area contributed by atoms with Gasteiger partial charge in [-0.05, 0) is 31.0 Å². The van der Waals surface area contributed by atoms with Gasteiger partial charge < -0.3 is 10.1 Å². The number of anilines is 1. The number of carbonyl (C=O) groups excluding carboxylic acids is 1. The lowest BCUT2D eigenvalue weighted by atomic mass is 9.99. The predicted octanol–water partition coefficient (Wildman–Crippen LogP) is 2.62. The van der Waals surface area contributed by atoms with Crippen LogP contribution in [0.15, 0.2) is 18.2 Å². The summed E-state index contributed by atoms with van der Waals surface area (Å²) in [5.41, 5.74) is 0.536. The highest BCUT2D eigenvalue weighted by Gasteiger charge is 2.32. The van der Waals surface area contributed by atoms with E-state index < -0.39 is 15.9 Å². The van der Waals surface area contributed by atoms with E-state index in [0.717, 1.165) is 0 Å². The fraction of sp³-hybridized carbons (Fsp3) is 0.533. The fourth-order valence-electron chi connectivity index (χ4n) is 2.55. The maximum absolute atomic E-state index is 12.4. The number of amides is 1. The van der Waals surface area contributed by atoms with Crippen molar-refractivity contribution in [3.63, 3.8) is 0 Å². The maximum Gasteiger partial charge on any atom is 0.228 e. The molecule has 6 nitrogen and oxygen atoms in total. The van der Waals surface area contributed by atoms with Crippen LogP contribution >= 0.6 is 23.2 Å². The molecule has 1 aliphatic rings. The zero-order chi connectivity index (χ0) is 17.7. The van der Waals surface area contributed by atoms with E-state index in [1.807, 2.05) is 0 Å². The first-order valence-electron chi connectivity index (χ1n) is 7.56. The summed E-state index contributed by atoms with van der Waals surface area (Å²) in [5, 5.41) is 3.52. The Hall–Kier alpha value is -0.860. The quantitative estimate of drug-likeness (QED) is 0.804. The third-order valence-corrected chi connectivity index (χ3v) is 6.42. The minimum atomic E-state index is -3.41. The summed E-state index contributed by atoms with van der Waals surface area (Å²) in [7, 11) is -1.95. The van der Waals surface area contributed by atoms with E-state index in [-0.39, 0.29) is 24.8 Å². The maximum atomic E-state index is 12.4. The summed E-state index contributed by atoms with van der Waals surface area (Å²) < 4.78 is 30.7. The second kappa shape index (κ2) is 8.49. The molecular formula is C15H20Cl2N2O4S. The number of hydrogen-bond donors (Lipinski definition) is 1. The molecule has 0 aromatic heterocycles. The Balaban J connectivity index is 2.00. The van der Waals surface area contributed by atoms with Crippen LogP contribution in [0, 0.1) is 5.92 Å². The van der Waals surface area contributed by atoms with Crippen molar-refractivity contribution >= 4 is 44.8 Å². The molecule has 9 heteroatoms. The molecule has 0 spiro atoms. The van der Waals surface area contributed by atoms with Crippen molar-refractivity contribution in [1.82, 2.24) is 4.31 Å². The molecule has 1 fully saturated rings. The first kappa shape index (κ1) is 19.5. The van der Waals surface area contributed by atoms with Gasteiger partial charge in [0, 0.05) is 25.9 Å². The molecule has 1 aliphatic heterocycles. The summed E-state index contributed by atoms with van der Waals surface area (Å²) in [5.74, 6) is -0.699. The van der Waals surface area contributed by atoms with Gasteiger partial charge in [0.05, 0.1) is 28.3 Å². The molecule has 1 saturated heterocycles. The summed E-state index contributed by atoms with van der Waals surface area (Å²) in [6.45, 7) is 0.751. The van der Waals surface area contributed by atoms with E-state index in [9.17, 15) is 13.2 Å². The molecule has 2 rings (SSSR count). The fourth-order valence-corrected chi connectivity index (χ4v) is 4.29. The van der Waals surface area contributed by atoms with Crippen LogP contribution in [0.2, 0.25) is 10.0 Å². The van der Waals surface area contributed by atoms with Crippen LogP contribution in [-0.2, 0) is 19.6 Å². The summed E-state index contributed by atoms with van der Waals surface area (Å²) in [4.78, 5) is 12.4. The number of methoxy groups -OCH3 is 1. The molecule has 1 unspecified atom stereocenters. The molecule has 1 aromatic carbocycles. The van der Waals surface area contributed by atoms with E-state index in [4.69, 9.17) is 27.9 Å². The van der Waals surface area contributed by atoms with Gasteiger partial charge in [-0.3, -0.25) is 4.79 Å². The van der Waals surface area contributed by atoms with Gasteiger partial charge in [0.1, 0.15) is 0 Å². The average Bonchev–Trinajstić information content (AvgIpc) is 2.56. The van der Waals surface area contributed by atoms with Crippen molar-refractivity contribution in [2.45, 2.75) is 12.8 Å². The van der Waals surface area contributed by atoms with Crippen LogP contribution in [0.5, 0.6) is 0 Å². The molecule has 1 atom stereocenters. The van der Waals surface area contributed by atoms with Crippen LogP contribution in [0.1, 0.15) is 12.8 Å². The second-order valence-corrected chi connectivity index (χ2v) is 8.53. The first-order valence-corrected chi connectivity index (χ1v) is 9.92. The third kappa shape index (κ3) is 5.07. The van der Waals surface area contributed by atoms with Gasteiger partial charge in [0.2, 0.25) is 15.9 Å². The Labute approximate surface area is 152 Å². The van der Waals surface area contributed by atoms with E-state index in [1.54, 1.807) is 18.2 Å². The van der Waals surface area contributed by atoms with Crippen molar-refractivity contribution < 1.29 is 17.9 Å². The number of sulfonamides is 1. The van der Waals surface area contributed by atoms with Gasteiger partial charge >= 0.3 is 0 Å². The highest BCUT2D eigenvalue weighted by atomic mass is 35.5. The highest BCUT2D eigenvalue weighted by molar-refractivity contribution is 7.89. The minimum absolute atomic E-state index is 0.0787. The lowest BCUT2D eigenvalue weighted by Crippen LogP contribution is -2.45. The molecule has 24 heavy (non-hydrogen) atoms. The van der Waals surface area contributed by atoms with Crippen LogP contribution in [0.25, 0.3) is 0 Å². The van der Waals surface area contributed by atoms with Crippen molar-refractivity contribution in [3.05, 3.63) is 28.2 Å². The number of rotatable bonds is 6. The number of piperidine rings is 1. The number of hydrogen-bond acceptors (Lipinski definition) is 4. The normalized spacial score (nSPS) is 19.2. The lowest BCUT2D eigenvalue weighted by molar-refractivity contribution is -0.120. The molecular weight excluding hydrogens is 375 g/mol. The molecule has 1 N–H and O–H groups in total. The van der Waals surface area contributed by atoms with E-state index in [2.05, 4.69) is 5.32 Å². The van der Waals surface area contributed by atoms with Crippen molar-refractivity contribution in [2.75, 3.05) is 37.9 Å². The number of ether oxygens (including phenoxy) is 1. The van der Waals surface area contributed by atoms with Crippen molar-refractivity contribution in [3.8, 4) is 0 Å². The Morgan fingerprint density at radius 3 is 2.79 bits per heavy atom. The number of nitrogens with zero attached hydrogens (tertiary/aromatic N) is 1. The highest BCUT2D eigenvalue weighted by Crippen LogP contribution is 2.26. The SMILES string of the molecule is COCCS(=O)(=O)N1CCCC(C(=O)Nc2ccc(Cl)c(Cl)c2)C1. The Morgan fingerprint density at radius 1 is 1.38 bits per heavy atom. The number of nitrogens with one attached hydrogen (secondary N) is 1. The monoisotopic (exact) mass is 394 g/mol. The van der Waals surface area contributed by atoms with Crippen LogP contribution in [-0.4, -0.2) is 51.2 Å². The lowest BCUT2D eigenvalue weighted by Gasteiger charge is -2.31. The summed E-state index contributed by atoms with van der Waals surface area (Å²) in [6.07, 6.45) is 1.29. The largest absolute Gasteiger partial charge is 0.384 e. The van der Waals surface area contributed by atoms with Gasteiger partial charge in [0.15, 0.2) is 0 Å². The number of halogens is 2. The molecule has 1 amide bonds. The molecule has 0 bridgehead atoms. The summed E-state index contributed by atoms with van der Waals surface area (Å²) in [6, 6.07) is 4.82. The minimum Gasteiger partial charge on any atom is -0.384 e. The molecule has 0 aliphatic carbocycles. The van der Waals surface area contributed by atoms with E-state index in [1.165, 1.54) is 11.4 Å². The zero-order valence-electron chi connectivity index (χ0n) is 13.3. The van der Waals surface area contributed by atoms with Gasteiger partial charge in [-0.25, -0.2) is 12.7 Å². The Morgan fingerprint density at radius 2 is 2.12 bits per heavy atom. The molecule has 0 saturated carbocycles. The standard InChI is InChI=1S/C15H20Cl2N2O4S/c1-23-7-8-24(21,22)19-6-2-3-11(10-19)15(20)18-12-4-5-13(16)14(17)9-12/h4-5,9,11H,2-3,6-8,10H2,1H3,(H,18,20). The van der Waals surface area contributed by atoms with E-state index in [0.29, 0.717) is 35.1 Å². The van der Waals surface area contributed by atoms with Gasteiger partial charge in [0.25, 0.3) is 0 Å². The van der Waals surface area contributed by atoms with Crippen LogP contribution in [0.4, 0.5) is 5.69 Å².